The third-order valence-electron chi connectivity index (χ3n) is 7.85. The van der Waals surface area contributed by atoms with E-state index in [4.69, 9.17) is 18.9 Å². The van der Waals surface area contributed by atoms with Gasteiger partial charge in [0, 0.05) is 32.2 Å². The molecule has 9 nitrogen and oxygen atoms in total. The molecular weight excluding hydrogens is 534 g/mol. The van der Waals surface area contributed by atoms with E-state index in [9.17, 15) is 9.59 Å². The molecule has 0 aliphatic carbocycles. The Morgan fingerprint density at radius 1 is 0.881 bits per heavy atom. The van der Waals surface area contributed by atoms with Gasteiger partial charge in [-0.1, -0.05) is 43.3 Å². The molecule has 0 spiro atoms. The Morgan fingerprint density at radius 2 is 1.52 bits per heavy atom. The number of carbonyl (C=O) groups excluding carboxylic acids is 2. The molecule has 3 aromatic carbocycles. The number of benzene rings is 3. The second-order valence-electron chi connectivity index (χ2n) is 10.2. The SMILES string of the molecule is CCN(CCCNC(=O)[C@H]1c2cc(OC)c(OC)cc2C(=O)N(C)[C@H]1c1ccc(OC)c(OC)c1)Cc1ccccc1. The summed E-state index contributed by atoms with van der Waals surface area (Å²) < 4.78 is 22.0. The highest BCUT2D eigenvalue weighted by Crippen LogP contribution is 2.46. The van der Waals surface area contributed by atoms with E-state index in [0.29, 0.717) is 40.7 Å². The molecule has 1 heterocycles. The average molecular weight is 576 g/mol. The number of fused-ring (bicyclic) bond motifs is 1. The van der Waals surface area contributed by atoms with Crippen molar-refractivity contribution in [2.45, 2.75) is 31.8 Å². The Morgan fingerprint density at radius 3 is 2.17 bits per heavy atom. The smallest absolute Gasteiger partial charge is 0.254 e. The van der Waals surface area contributed by atoms with Crippen LogP contribution in [-0.4, -0.2) is 76.7 Å². The number of hydrogen-bond acceptors (Lipinski definition) is 7. The Bertz CT molecular complexity index is 1380. The van der Waals surface area contributed by atoms with Crippen molar-refractivity contribution >= 4 is 11.8 Å². The minimum absolute atomic E-state index is 0.172. The highest BCUT2D eigenvalue weighted by molar-refractivity contribution is 6.02. The van der Waals surface area contributed by atoms with Crippen molar-refractivity contribution in [3.8, 4) is 23.0 Å². The van der Waals surface area contributed by atoms with E-state index in [1.807, 2.05) is 30.3 Å². The van der Waals surface area contributed by atoms with Gasteiger partial charge in [0.1, 0.15) is 0 Å². The fourth-order valence-electron chi connectivity index (χ4n) is 5.60. The highest BCUT2D eigenvalue weighted by Gasteiger charge is 2.43. The van der Waals surface area contributed by atoms with Crippen LogP contribution in [0.5, 0.6) is 23.0 Å². The maximum absolute atomic E-state index is 14.0. The first-order valence-corrected chi connectivity index (χ1v) is 14.2. The molecule has 1 aliphatic rings. The number of ether oxygens (including phenoxy) is 4. The van der Waals surface area contributed by atoms with Crippen LogP contribution in [0.25, 0.3) is 0 Å². The summed E-state index contributed by atoms with van der Waals surface area (Å²) in [5.74, 6) is 0.882. The van der Waals surface area contributed by atoms with Gasteiger partial charge in [-0.05, 0) is 53.9 Å². The van der Waals surface area contributed by atoms with Gasteiger partial charge in [-0.3, -0.25) is 14.5 Å². The standard InChI is InChI=1S/C33H41N3O6/c1-7-36(21-22-12-9-8-10-13-22)17-11-16-34-32(37)30-24-19-28(41-5)29(42-6)20-25(24)33(38)35(2)31(30)23-14-15-26(39-3)27(18-23)40-4/h8-10,12-15,18-20,30-31H,7,11,16-17,21H2,1-6H3,(H,34,37)/t30-,31-/m0/s1. The van der Waals surface area contributed by atoms with Crippen molar-refractivity contribution in [3.63, 3.8) is 0 Å². The average Bonchev–Trinajstić information content (AvgIpc) is 3.03. The zero-order chi connectivity index (χ0) is 30.2. The number of nitrogens with zero attached hydrogens (tertiary/aromatic N) is 2. The largest absolute Gasteiger partial charge is 0.493 e. The first kappa shape index (κ1) is 30.7. The molecule has 0 fully saturated rings. The second-order valence-corrected chi connectivity index (χ2v) is 10.2. The van der Waals surface area contributed by atoms with Gasteiger partial charge in [-0.25, -0.2) is 0 Å². The van der Waals surface area contributed by atoms with Gasteiger partial charge in [0.2, 0.25) is 5.91 Å². The summed E-state index contributed by atoms with van der Waals surface area (Å²) in [7, 11) is 7.91. The van der Waals surface area contributed by atoms with E-state index in [1.165, 1.54) is 19.8 Å². The van der Waals surface area contributed by atoms with Gasteiger partial charge in [0.15, 0.2) is 23.0 Å². The van der Waals surface area contributed by atoms with E-state index in [2.05, 4.69) is 29.3 Å². The minimum atomic E-state index is -0.702. The van der Waals surface area contributed by atoms with E-state index >= 15 is 0 Å². The Balaban J connectivity index is 1.62. The Labute approximate surface area is 248 Å². The van der Waals surface area contributed by atoms with Gasteiger partial charge in [-0.2, -0.15) is 0 Å². The molecule has 0 radical (unpaired) electrons. The number of amides is 2. The molecule has 224 valence electrons. The lowest BCUT2D eigenvalue weighted by atomic mass is 9.79. The summed E-state index contributed by atoms with van der Waals surface area (Å²) in [5.41, 5.74) is 3.01. The summed E-state index contributed by atoms with van der Waals surface area (Å²) >= 11 is 0. The molecule has 0 bridgehead atoms. The van der Waals surface area contributed by atoms with E-state index in [0.717, 1.165) is 31.6 Å². The monoisotopic (exact) mass is 575 g/mol. The predicted molar refractivity (Wildman–Crippen MR) is 162 cm³/mol. The molecule has 4 rings (SSSR count). The summed E-state index contributed by atoms with van der Waals surface area (Å²) in [6.07, 6.45) is 0.785. The molecule has 0 saturated heterocycles. The third-order valence-corrected chi connectivity index (χ3v) is 7.85. The van der Waals surface area contributed by atoms with Crippen molar-refractivity contribution in [2.75, 3.05) is 55.1 Å². The summed E-state index contributed by atoms with van der Waals surface area (Å²) in [6, 6.07) is 18.7. The van der Waals surface area contributed by atoms with E-state index < -0.39 is 12.0 Å². The first-order chi connectivity index (χ1) is 20.4. The number of nitrogens with one attached hydrogen (secondary N) is 1. The summed E-state index contributed by atoms with van der Waals surface area (Å²) in [6.45, 7) is 5.25. The molecule has 0 aromatic heterocycles. The number of hydrogen-bond donors (Lipinski definition) is 1. The quantitative estimate of drug-likeness (QED) is 0.297. The van der Waals surface area contributed by atoms with Crippen molar-refractivity contribution < 1.29 is 28.5 Å². The van der Waals surface area contributed by atoms with Crippen LogP contribution in [0.15, 0.2) is 60.7 Å². The highest BCUT2D eigenvalue weighted by atomic mass is 16.5. The number of carbonyl (C=O) groups is 2. The zero-order valence-electron chi connectivity index (χ0n) is 25.3. The molecular formula is C33H41N3O6. The zero-order valence-corrected chi connectivity index (χ0v) is 25.3. The number of methoxy groups -OCH3 is 4. The molecule has 42 heavy (non-hydrogen) atoms. The second kappa shape index (κ2) is 14.1. The predicted octanol–water partition coefficient (Wildman–Crippen LogP) is 4.66. The van der Waals surface area contributed by atoms with Crippen LogP contribution in [0.1, 0.15) is 52.4 Å². The first-order valence-electron chi connectivity index (χ1n) is 14.2. The molecule has 1 N–H and O–H groups in total. The van der Waals surface area contributed by atoms with Crippen LogP contribution < -0.4 is 24.3 Å². The Kier molecular flexibility index (Phi) is 10.3. The number of likely N-dealkylation sites (N-methyl/N-ethyl adjacent to an activating group) is 1. The van der Waals surface area contributed by atoms with E-state index in [1.54, 1.807) is 44.4 Å². The van der Waals surface area contributed by atoms with Crippen LogP contribution in [-0.2, 0) is 11.3 Å². The van der Waals surface area contributed by atoms with Gasteiger partial charge in [0.25, 0.3) is 5.91 Å². The van der Waals surface area contributed by atoms with Crippen LogP contribution in [0.3, 0.4) is 0 Å². The van der Waals surface area contributed by atoms with Gasteiger partial charge >= 0.3 is 0 Å². The van der Waals surface area contributed by atoms with Crippen molar-refractivity contribution in [2.24, 2.45) is 0 Å². The Hall–Kier alpha value is -4.24. The van der Waals surface area contributed by atoms with Crippen LogP contribution in [0, 0.1) is 0 Å². The van der Waals surface area contributed by atoms with Crippen molar-refractivity contribution in [1.29, 1.82) is 0 Å². The molecule has 3 aromatic rings. The lowest BCUT2D eigenvalue weighted by Crippen LogP contribution is -2.46. The summed E-state index contributed by atoms with van der Waals surface area (Å²) in [5, 5.41) is 3.16. The van der Waals surface area contributed by atoms with Crippen molar-refractivity contribution in [1.82, 2.24) is 15.1 Å². The van der Waals surface area contributed by atoms with Crippen LogP contribution >= 0.6 is 0 Å². The maximum Gasteiger partial charge on any atom is 0.254 e. The van der Waals surface area contributed by atoms with Gasteiger partial charge < -0.3 is 29.2 Å². The van der Waals surface area contributed by atoms with E-state index in [-0.39, 0.29) is 11.8 Å². The lowest BCUT2D eigenvalue weighted by molar-refractivity contribution is -0.124. The molecule has 9 heteroatoms. The molecule has 2 atom stereocenters. The maximum atomic E-state index is 14.0. The van der Waals surface area contributed by atoms with Gasteiger partial charge in [0.05, 0.1) is 40.4 Å². The molecule has 0 saturated carbocycles. The normalized spacial score (nSPS) is 16.2. The van der Waals surface area contributed by atoms with Gasteiger partial charge in [-0.15, -0.1) is 0 Å². The summed E-state index contributed by atoms with van der Waals surface area (Å²) in [4.78, 5) is 31.7. The molecule has 2 amide bonds. The minimum Gasteiger partial charge on any atom is -0.493 e. The van der Waals surface area contributed by atoms with Crippen LogP contribution in [0.2, 0.25) is 0 Å². The topological polar surface area (TPSA) is 89.6 Å². The lowest BCUT2D eigenvalue weighted by Gasteiger charge is -2.40. The van der Waals surface area contributed by atoms with Crippen molar-refractivity contribution in [3.05, 3.63) is 82.9 Å². The fraction of sp³-hybridized carbons (Fsp3) is 0.394. The molecule has 1 aliphatic heterocycles. The fourth-order valence-corrected chi connectivity index (χ4v) is 5.60. The number of rotatable bonds is 13. The van der Waals surface area contributed by atoms with Crippen LogP contribution in [0.4, 0.5) is 0 Å². The third kappa shape index (κ3) is 6.46. The molecule has 0 unspecified atom stereocenters.